The highest BCUT2D eigenvalue weighted by molar-refractivity contribution is 14.0. The average molecular weight is 500 g/mol. The van der Waals surface area contributed by atoms with E-state index in [9.17, 15) is 0 Å². The fourth-order valence-electron chi connectivity index (χ4n) is 2.85. The molecular weight excluding hydrogens is 467 g/mol. The lowest BCUT2D eigenvalue weighted by molar-refractivity contribution is 0.242. The molecule has 6 nitrogen and oxygen atoms in total. The molecule has 1 aromatic heterocycles. The molecule has 28 heavy (non-hydrogen) atoms. The normalized spacial score (nSPS) is 11.5. The van der Waals surface area contributed by atoms with Gasteiger partial charge in [-0.05, 0) is 44.4 Å². The third-order valence-electron chi connectivity index (χ3n) is 4.39. The number of aromatic nitrogens is 1. The number of rotatable bonds is 9. The Morgan fingerprint density at radius 1 is 1.11 bits per heavy atom. The molecule has 0 aliphatic heterocycles. The summed E-state index contributed by atoms with van der Waals surface area (Å²) in [6.07, 6.45) is 2.32. The molecule has 7 heteroatoms. The van der Waals surface area contributed by atoms with Gasteiger partial charge in [-0.15, -0.1) is 24.0 Å². The lowest BCUT2D eigenvalue weighted by Crippen LogP contribution is -2.36. The molecule has 0 fully saturated rings. The molecule has 0 unspecified atom stereocenters. The van der Waals surface area contributed by atoms with E-state index in [1.165, 1.54) is 0 Å². The molecule has 1 aromatic carbocycles. The van der Waals surface area contributed by atoms with Crippen molar-refractivity contribution in [2.45, 2.75) is 65.6 Å². The smallest absolute Gasteiger partial charge is 0.191 e. The molecule has 0 saturated heterocycles. The van der Waals surface area contributed by atoms with Crippen LogP contribution in [0.15, 0.2) is 39.8 Å². The molecule has 0 atom stereocenters. The Labute approximate surface area is 185 Å². The monoisotopic (exact) mass is 500 g/mol. The SMILES string of the molecule is CCC(CC)c1cc(CNC(=NC)NCc2ccc(OC(C)C)cc2)on1.I. The minimum absolute atomic E-state index is 0. The van der Waals surface area contributed by atoms with E-state index >= 15 is 0 Å². The first-order valence-electron chi connectivity index (χ1n) is 9.71. The minimum atomic E-state index is 0. The topological polar surface area (TPSA) is 71.7 Å². The molecule has 0 amide bonds. The number of nitrogens with zero attached hydrogens (tertiary/aromatic N) is 2. The zero-order chi connectivity index (χ0) is 19.6. The Morgan fingerprint density at radius 3 is 2.32 bits per heavy atom. The van der Waals surface area contributed by atoms with Crippen molar-refractivity contribution in [3.63, 3.8) is 0 Å². The summed E-state index contributed by atoms with van der Waals surface area (Å²) >= 11 is 0. The van der Waals surface area contributed by atoms with Crippen LogP contribution in [0.25, 0.3) is 0 Å². The largest absolute Gasteiger partial charge is 0.491 e. The van der Waals surface area contributed by atoms with Crippen molar-refractivity contribution >= 4 is 29.9 Å². The van der Waals surface area contributed by atoms with E-state index < -0.39 is 0 Å². The van der Waals surface area contributed by atoms with Crippen LogP contribution in [0.1, 0.15) is 63.5 Å². The van der Waals surface area contributed by atoms with E-state index in [1.807, 2.05) is 32.0 Å². The van der Waals surface area contributed by atoms with Gasteiger partial charge in [-0.3, -0.25) is 4.99 Å². The predicted molar refractivity (Wildman–Crippen MR) is 124 cm³/mol. The zero-order valence-electron chi connectivity index (χ0n) is 17.5. The van der Waals surface area contributed by atoms with Crippen LogP contribution in [0.3, 0.4) is 0 Å². The van der Waals surface area contributed by atoms with Crippen molar-refractivity contribution in [3.05, 3.63) is 47.3 Å². The van der Waals surface area contributed by atoms with Crippen LogP contribution in [-0.4, -0.2) is 24.3 Å². The van der Waals surface area contributed by atoms with Gasteiger partial charge in [-0.2, -0.15) is 0 Å². The van der Waals surface area contributed by atoms with E-state index in [0.29, 0.717) is 19.0 Å². The summed E-state index contributed by atoms with van der Waals surface area (Å²) in [5.74, 6) is 2.88. The van der Waals surface area contributed by atoms with Crippen LogP contribution in [-0.2, 0) is 13.1 Å². The van der Waals surface area contributed by atoms with Gasteiger partial charge < -0.3 is 19.9 Å². The number of nitrogens with one attached hydrogen (secondary N) is 2. The Balaban J connectivity index is 0.00000392. The standard InChI is InChI=1S/C21H32N4O2.HI/c1-6-17(7-2)20-12-19(27-25-20)14-24-21(22-5)23-13-16-8-10-18(11-9-16)26-15(3)4;/h8-12,15,17H,6-7,13-14H2,1-5H3,(H2,22,23,24);1H. The first kappa shape index (κ1) is 24.3. The highest BCUT2D eigenvalue weighted by Crippen LogP contribution is 2.22. The summed E-state index contributed by atoms with van der Waals surface area (Å²) in [7, 11) is 1.75. The number of guanidine groups is 1. The summed E-state index contributed by atoms with van der Waals surface area (Å²) < 4.78 is 11.1. The fourth-order valence-corrected chi connectivity index (χ4v) is 2.85. The molecule has 0 spiro atoms. The van der Waals surface area contributed by atoms with Gasteiger partial charge >= 0.3 is 0 Å². The number of ether oxygens (including phenoxy) is 1. The Bertz CT molecular complexity index is 709. The van der Waals surface area contributed by atoms with E-state index in [2.05, 4.69) is 46.8 Å². The molecule has 0 aliphatic carbocycles. The van der Waals surface area contributed by atoms with Crippen LogP contribution in [0.4, 0.5) is 0 Å². The van der Waals surface area contributed by atoms with Gasteiger partial charge in [0.15, 0.2) is 11.7 Å². The van der Waals surface area contributed by atoms with E-state index in [1.54, 1.807) is 7.05 Å². The average Bonchev–Trinajstić information content (AvgIpc) is 3.12. The van der Waals surface area contributed by atoms with Gasteiger partial charge in [-0.1, -0.05) is 31.1 Å². The third-order valence-corrected chi connectivity index (χ3v) is 4.39. The van der Waals surface area contributed by atoms with Crippen molar-refractivity contribution in [2.75, 3.05) is 7.05 Å². The summed E-state index contributed by atoms with van der Waals surface area (Å²) in [6.45, 7) is 9.62. The lowest BCUT2D eigenvalue weighted by atomic mass is 9.99. The third kappa shape index (κ3) is 7.69. The number of hydrogen-bond acceptors (Lipinski definition) is 4. The molecule has 2 rings (SSSR count). The van der Waals surface area contributed by atoms with Crippen LogP contribution in [0.2, 0.25) is 0 Å². The number of halogens is 1. The second-order valence-electron chi connectivity index (χ2n) is 6.82. The molecule has 0 bridgehead atoms. The van der Waals surface area contributed by atoms with E-state index in [-0.39, 0.29) is 30.1 Å². The summed E-state index contributed by atoms with van der Waals surface area (Å²) in [4.78, 5) is 4.26. The second-order valence-corrected chi connectivity index (χ2v) is 6.82. The van der Waals surface area contributed by atoms with Crippen LogP contribution >= 0.6 is 24.0 Å². The molecule has 0 radical (unpaired) electrons. The quantitative estimate of drug-likeness (QED) is 0.293. The van der Waals surface area contributed by atoms with Gasteiger partial charge in [0.05, 0.1) is 18.3 Å². The van der Waals surface area contributed by atoms with Gasteiger partial charge in [-0.25, -0.2) is 0 Å². The molecule has 0 saturated carbocycles. The van der Waals surface area contributed by atoms with Gasteiger partial charge in [0.1, 0.15) is 5.75 Å². The summed E-state index contributed by atoms with van der Waals surface area (Å²) in [5, 5.41) is 10.8. The van der Waals surface area contributed by atoms with Gasteiger partial charge in [0.25, 0.3) is 0 Å². The Kier molecular flexibility index (Phi) is 11.0. The van der Waals surface area contributed by atoms with Crippen molar-refractivity contribution in [3.8, 4) is 5.75 Å². The van der Waals surface area contributed by atoms with Crippen molar-refractivity contribution in [2.24, 2.45) is 4.99 Å². The molecule has 2 N–H and O–H groups in total. The Hall–Kier alpha value is -1.77. The molecule has 2 aromatic rings. The van der Waals surface area contributed by atoms with Gasteiger partial charge in [0, 0.05) is 25.6 Å². The van der Waals surface area contributed by atoms with E-state index in [4.69, 9.17) is 9.26 Å². The second kappa shape index (κ2) is 12.6. The van der Waals surface area contributed by atoms with Crippen LogP contribution in [0.5, 0.6) is 5.75 Å². The van der Waals surface area contributed by atoms with Crippen LogP contribution < -0.4 is 15.4 Å². The first-order valence-corrected chi connectivity index (χ1v) is 9.71. The molecule has 0 aliphatic rings. The summed E-state index contributed by atoms with van der Waals surface area (Å²) in [6, 6.07) is 10.1. The van der Waals surface area contributed by atoms with Crippen molar-refractivity contribution < 1.29 is 9.26 Å². The zero-order valence-corrected chi connectivity index (χ0v) is 19.8. The maximum Gasteiger partial charge on any atom is 0.191 e. The maximum absolute atomic E-state index is 5.67. The fraction of sp³-hybridized carbons (Fsp3) is 0.524. The first-order chi connectivity index (χ1) is 13.0. The number of aliphatic imine (C=N–C) groups is 1. The van der Waals surface area contributed by atoms with E-state index in [0.717, 1.165) is 41.6 Å². The summed E-state index contributed by atoms with van der Waals surface area (Å²) in [5.41, 5.74) is 2.19. The molecule has 156 valence electrons. The number of hydrogen-bond donors (Lipinski definition) is 2. The van der Waals surface area contributed by atoms with Crippen molar-refractivity contribution in [1.29, 1.82) is 0 Å². The molecule has 1 heterocycles. The number of benzene rings is 1. The van der Waals surface area contributed by atoms with Crippen LogP contribution in [0, 0.1) is 0 Å². The maximum atomic E-state index is 5.67. The highest BCUT2D eigenvalue weighted by atomic mass is 127. The van der Waals surface area contributed by atoms with Gasteiger partial charge in [0.2, 0.25) is 0 Å². The lowest BCUT2D eigenvalue weighted by Gasteiger charge is -2.12. The predicted octanol–water partition coefficient (Wildman–Crippen LogP) is 4.85. The van der Waals surface area contributed by atoms with Crippen molar-refractivity contribution in [1.82, 2.24) is 15.8 Å². The Morgan fingerprint density at radius 2 is 1.75 bits per heavy atom. The molecular formula is C21H33IN4O2. The minimum Gasteiger partial charge on any atom is -0.491 e. The highest BCUT2D eigenvalue weighted by Gasteiger charge is 2.13.